The standard InChI is InChI=1S/C15H12ClN3O2/c1-9-5-6-10(16)11(8-9)17-14-13(15(20)21)19-7-3-2-4-12(19)18-14/h2-8,17H,1H3,(H,20,21). The zero-order valence-corrected chi connectivity index (χ0v) is 11.9. The number of nitrogens with one attached hydrogen (secondary N) is 1. The smallest absolute Gasteiger partial charge is 0.356 e. The Morgan fingerprint density at radius 2 is 2.14 bits per heavy atom. The second kappa shape index (κ2) is 5.10. The van der Waals surface area contributed by atoms with Crippen molar-refractivity contribution in [2.75, 3.05) is 5.32 Å². The maximum absolute atomic E-state index is 11.5. The van der Waals surface area contributed by atoms with Crippen molar-refractivity contribution in [3.05, 3.63) is 58.9 Å². The summed E-state index contributed by atoms with van der Waals surface area (Å²) >= 11 is 6.13. The second-order valence-corrected chi connectivity index (χ2v) is 5.06. The highest BCUT2D eigenvalue weighted by Gasteiger charge is 2.19. The number of benzene rings is 1. The molecule has 0 saturated heterocycles. The molecule has 0 atom stereocenters. The van der Waals surface area contributed by atoms with Gasteiger partial charge >= 0.3 is 5.97 Å². The Labute approximate surface area is 125 Å². The fraction of sp³-hybridized carbons (Fsp3) is 0.0667. The van der Waals surface area contributed by atoms with Gasteiger partial charge in [-0.05, 0) is 36.8 Å². The number of aryl methyl sites for hydroxylation is 1. The minimum absolute atomic E-state index is 0.0724. The summed E-state index contributed by atoms with van der Waals surface area (Å²) in [6.45, 7) is 1.93. The molecule has 2 N–H and O–H groups in total. The van der Waals surface area contributed by atoms with Gasteiger partial charge in [-0.25, -0.2) is 9.78 Å². The molecule has 21 heavy (non-hydrogen) atoms. The Bertz CT molecular complexity index is 842. The highest BCUT2D eigenvalue weighted by molar-refractivity contribution is 6.33. The van der Waals surface area contributed by atoms with E-state index in [4.69, 9.17) is 11.6 Å². The van der Waals surface area contributed by atoms with Gasteiger partial charge in [-0.1, -0.05) is 23.7 Å². The fourth-order valence-corrected chi connectivity index (χ4v) is 2.31. The van der Waals surface area contributed by atoms with E-state index in [1.807, 2.05) is 19.1 Å². The number of hydrogen-bond donors (Lipinski definition) is 2. The molecular weight excluding hydrogens is 290 g/mol. The topological polar surface area (TPSA) is 66.6 Å². The molecule has 0 fully saturated rings. The lowest BCUT2D eigenvalue weighted by Gasteiger charge is -2.07. The van der Waals surface area contributed by atoms with Gasteiger partial charge in [0.2, 0.25) is 0 Å². The van der Waals surface area contributed by atoms with Crippen molar-refractivity contribution in [2.45, 2.75) is 6.92 Å². The SMILES string of the molecule is Cc1ccc(Cl)c(Nc2nc3ccccn3c2C(=O)O)c1. The molecule has 2 aromatic heterocycles. The minimum atomic E-state index is -1.06. The first-order valence-corrected chi connectivity index (χ1v) is 6.67. The molecule has 106 valence electrons. The van der Waals surface area contributed by atoms with Gasteiger partial charge in [-0.2, -0.15) is 0 Å². The van der Waals surface area contributed by atoms with Crippen molar-refractivity contribution in [3.8, 4) is 0 Å². The Balaban J connectivity index is 2.14. The van der Waals surface area contributed by atoms with Crippen LogP contribution >= 0.6 is 11.6 Å². The van der Waals surface area contributed by atoms with Crippen LogP contribution in [0, 0.1) is 6.92 Å². The predicted octanol–water partition coefficient (Wildman–Crippen LogP) is 3.74. The highest BCUT2D eigenvalue weighted by Crippen LogP contribution is 2.28. The largest absolute Gasteiger partial charge is 0.476 e. The Hall–Kier alpha value is -2.53. The lowest BCUT2D eigenvalue weighted by molar-refractivity contribution is 0.0690. The molecule has 0 saturated carbocycles. The van der Waals surface area contributed by atoms with E-state index in [-0.39, 0.29) is 11.5 Å². The molecule has 3 rings (SSSR count). The number of imidazole rings is 1. The van der Waals surface area contributed by atoms with Crippen molar-refractivity contribution in [1.29, 1.82) is 0 Å². The number of carboxylic acids is 1. The summed E-state index contributed by atoms with van der Waals surface area (Å²) < 4.78 is 1.52. The van der Waals surface area contributed by atoms with Gasteiger partial charge in [0.1, 0.15) is 5.65 Å². The first-order chi connectivity index (χ1) is 10.1. The van der Waals surface area contributed by atoms with E-state index in [1.165, 1.54) is 4.40 Å². The van der Waals surface area contributed by atoms with Crippen molar-refractivity contribution in [2.24, 2.45) is 0 Å². The first kappa shape index (κ1) is 13.5. The number of carbonyl (C=O) groups is 1. The van der Waals surface area contributed by atoms with Crippen molar-refractivity contribution < 1.29 is 9.90 Å². The van der Waals surface area contributed by atoms with E-state index in [0.717, 1.165) is 5.56 Å². The van der Waals surface area contributed by atoms with Crippen LogP contribution in [-0.2, 0) is 0 Å². The lowest BCUT2D eigenvalue weighted by atomic mass is 10.2. The number of halogens is 1. The van der Waals surface area contributed by atoms with Crippen LogP contribution in [0.25, 0.3) is 5.65 Å². The Morgan fingerprint density at radius 3 is 2.90 bits per heavy atom. The van der Waals surface area contributed by atoms with Crippen LogP contribution < -0.4 is 5.32 Å². The maximum Gasteiger partial charge on any atom is 0.356 e. The summed E-state index contributed by atoms with van der Waals surface area (Å²) in [5.74, 6) is -0.791. The molecule has 0 radical (unpaired) electrons. The van der Waals surface area contributed by atoms with Gasteiger partial charge in [0.25, 0.3) is 0 Å². The number of aromatic carboxylic acids is 1. The molecule has 0 aliphatic carbocycles. The van der Waals surface area contributed by atoms with Crippen LogP contribution in [0.15, 0.2) is 42.6 Å². The van der Waals surface area contributed by atoms with E-state index in [0.29, 0.717) is 16.4 Å². The number of carboxylic acid groups (broad SMARTS) is 1. The molecule has 0 aliphatic heterocycles. The minimum Gasteiger partial charge on any atom is -0.476 e. The molecule has 0 amide bonds. The zero-order chi connectivity index (χ0) is 15.0. The Kier molecular flexibility index (Phi) is 3.27. The number of rotatable bonds is 3. The van der Waals surface area contributed by atoms with E-state index >= 15 is 0 Å². The summed E-state index contributed by atoms with van der Waals surface area (Å²) in [4.78, 5) is 15.8. The molecule has 0 spiro atoms. The molecular formula is C15H12ClN3O2. The van der Waals surface area contributed by atoms with E-state index in [2.05, 4.69) is 10.3 Å². The third kappa shape index (κ3) is 2.43. The van der Waals surface area contributed by atoms with Crippen molar-refractivity contribution >= 4 is 34.7 Å². The molecule has 5 nitrogen and oxygen atoms in total. The number of fused-ring (bicyclic) bond motifs is 1. The highest BCUT2D eigenvalue weighted by atomic mass is 35.5. The van der Waals surface area contributed by atoms with E-state index in [1.54, 1.807) is 30.5 Å². The number of aromatic nitrogens is 2. The molecule has 3 aromatic rings. The normalized spacial score (nSPS) is 10.8. The van der Waals surface area contributed by atoms with Gasteiger partial charge in [0.05, 0.1) is 10.7 Å². The fourth-order valence-electron chi connectivity index (χ4n) is 2.15. The van der Waals surface area contributed by atoms with Crippen LogP contribution in [0.2, 0.25) is 5.02 Å². The van der Waals surface area contributed by atoms with Gasteiger partial charge in [-0.3, -0.25) is 4.40 Å². The number of hydrogen-bond acceptors (Lipinski definition) is 3. The third-order valence-corrected chi connectivity index (χ3v) is 3.44. The summed E-state index contributed by atoms with van der Waals surface area (Å²) in [5, 5.41) is 12.9. The summed E-state index contributed by atoms with van der Waals surface area (Å²) in [6.07, 6.45) is 1.66. The third-order valence-electron chi connectivity index (χ3n) is 3.11. The van der Waals surface area contributed by atoms with E-state index in [9.17, 15) is 9.90 Å². The molecule has 6 heteroatoms. The van der Waals surface area contributed by atoms with Crippen LogP contribution in [0.5, 0.6) is 0 Å². The van der Waals surface area contributed by atoms with Gasteiger partial charge < -0.3 is 10.4 Å². The second-order valence-electron chi connectivity index (χ2n) is 4.65. The van der Waals surface area contributed by atoms with Crippen LogP contribution in [0.3, 0.4) is 0 Å². The summed E-state index contributed by atoms with van der Waals surface area (Å²) in [6, 6.07) is 10.8. The molecule has 0 bridgehead atoms. The molecule has 0 unspecified atom stereocenters. The average molecular weight is 302 g/mol. The number of anilines is 2. The van der Waals surface area contributed by atoms with Crippen LogP contribution in [0.4, 0.5) is 11.5 Å². The summed E-state index contributed by atoms with van der Waals surface area (Å²) in [5.41, 5.74) is 2.27. The van der Waals surface area contributed by atoms with Gasteiger partial charge in [0, 0.05) is 6.20 Å². The summed E-state index contributed by atoms with van der Waals surface area (Å²) in [7, 11) is 0. The van der Waals surface area contributed by atoms with Gasteiger partial charge in [-0.15, -0.1) is 0 Å². The first-order valence-electron chi connectivity index (χ1n) is 6.30. The predicted molar refractivity (Wildman–Crippen MR) is 81.6 cm³/mol. The van der Waals surface area contributed by atoms with Crippen molar-refractivity contribution in [3.63, 3.8) is 0 Å². The molecule has 2 heterocycles. The quantitative estimate of drug-likeness (QED) is 0.773. The Morgan fingerprint density at radius 1 is 1.33 bits per heavy atom. The van der Waals surface area contributed by atoms with Crippen LogP contribution in [-0.4, -0.2) is 20.5 Å². The monoisotopic (exact) mass is 301 g/mol. The molecule has 1 aromatic carbocycles. The average Bonchev–Trinajstić information content (AvgIpc) is 2.80. The lowest BCUT2D eigenvalue weighted by Crippen LogP contribution is -2.05. The zero-order valence-electron chi connectivity index (χ0n) is 11.2. The van der Waals surface area contributed by atoms with Crippen LogP contribution in [0.1, 0.15) is 16.1 Å². The number of nitrogens with zero attached hydrogens (tertiary/aromatic N) is 2. The number of pyridine rings is 1. The van der Waals surface area contributed by atoms with Gasteiger partial charge in [0.15, 0.2) is 11.5 Å². The van der Waals surface area contributed by atoms with E-state index < -0.39 is 5.97 Å². The maximum atomic E-state index is 11.5. The molecule has 0 aliphatic rings. The van der Waals surface area contributed by atoms with Crippen molar-refractivity contribution in [1.82, 2.24) is 9.38 Å².